The summed E-state index contributed by atoms with van der Waals surface area (Å²) in [4.78, 5) is 14.7. The largest absolute Gasteiger partial charge is 0.456 e. The quantitative estimate of drug-likeness (QED) is 0.192. The van der Waals surface area contributed by atoms with Crippen LogP contribution in [0.15, 0.2) is 156 Å². The summed E-state index contributed by atoms with van der Waals surface area (Å²) < 4.78 is 86.4. The number of benzene rings is 7. The predicted molar refractivity (Wildman–Crippen MR) is 199 cm³/mol. The van der Waals surface area contributed by atoms with E-state index in [2.05, 4.69) is 18.2 Å². The summed E-state index contributed by atoms with van der Waals surface area (Å²) in [6.07, 6.45) is 0. The van der Waals surface area contributed by atoms with Crippen molar-refractivity contribution in [3.05, 3.63) is 151 Å². The van der Waals surface area contributed by atoms with E-state index in [0.29, 0.717) is 22.3 Å². The lowest BCUT2D eigenvalue weighted by atomic mass is 9.99. The molecule has 3 aromatic heterocycles. The molecule has 7 aromatic carbocycles. The molecule has 0 bridgehead atoms. The number of hydrogen-bond acceptors (Lipinski definition) is 5. The lowest BCUT2D eigenvalue weighted by Gasteiger charge is -2.11. The maximum absolute atomic E-state index is 9.74. The van der Waals surface area contributed by atoms with E-state index in [0.717, 1.165) is 33.2 Å². The summed E-state index contributed by atoms with van der Waals surface area (Å²) in [5, 5.41) is 2.12. The van der Waals surface area contributed by atoms with Crippen molar-refractivity contribution in [3.8, 4) is 45.3 Å². The molecule has 0 aliphatic heterocycles. The monoisotopic (exact) mass is 640 g/mol. The van der Waals surface area contributed by atoms with Crippen molar-refractivity contribution < 1.29 is 16.8 Å². The number of hydrogen-bond donors (Lipinski definition) is 0. The van der Waals surface area contributed by atoms with Crippen LogP contribution in [-0.2, 0) is 0 Å². The van der Waals surface area contributed by atoms with Gasteiger partial charge >= 0.3 is 0 Å². The fourth-order valence-electron chi connectivity index (χ4n) is 6.30. The number of fused-ring (bicyclic) bond motifs is 8. The topological polar surface area (TPSA) is 51.8 Å². The predicted octanol–water partition coefficient (Wildman–Crippen LogP) is 12.0. The van der Waals surface area contributed by atoms with Crippen molar-refractivity contribution in [1.82, 2.24) is 15.0 Å². The molecule has 3 heterocycles. The van der Waals surface area contributed by atoms with Crippen LogP contribution in [0.4, 0.5) is 0 Å². The molecular weight excluding hydrogens is 607 g/mol. The van der Waals surface area contributed by atoms with Gasteiger partial charge < -0.3 is 4.42 Å². The molecule has 0 unspecified atom stereocenters. The molecule has 0 atom stereocenters. The lowest BCUT2D eigenvalue weighted by Crippen LogP contribution is -2.00. The first-order valence-electron chi connectivity index (χ1n) is 19.7. The van der Waals surface area contributed by atoms with E-state index in [1.54, 1.807) is 0 Å². The zero-order valence-electron chi connectivity index (χ0n) is 33.9. The van der Waals surface area contributed by atoms with Crippen molar-refractivity contribution in [2.24, 2.45) is 0 Å². The highest BCUT2D eigenvalue weighted by molar-refractivity contribution is 7.26. The molecule has 0 aliphatic rings. The van der Waals surface area contributed by atoms with Crippen LogP contribution < -0.4 is 0 Å². The normalized spacial score (nSPS) is 14.4. The maximum atomic E-state index is 9.74. The Labute approximate surface area is 292 Å². The van der Waals surface area contributed by atoms with Gasteiger partial charge in [-0.3, -0.25) is 0 Å². The highest BCUT2D eigenvalue weighted by Gasteiger charge is 2.19. The first-order valence-corrected chi connectivity index (χ1v) is 16.0. The van der Waals surface area contributed by atoms with E-state index in [1.165, 1.54) is 0 Å². The molecule has 0 saturated carbocycles. The standard InChI is InChI=1S/C43H25N3OS/c1-3-12-26(13-4-1)29-19-11-20-36-39(29)33-23-22-28(24-37(33)47-36)42-44-41(27-14-5-2-6-15-27)45-43(46-42)35-25-34-31-17-9-10-21-38(31)48-40(34)32-18-8-7-16-30(32)35/h1-25H/i7D,8D,9D,10D,16D,17D,18D,21D,25D. The van der Waals surface area contributed by atoms with Crippen LogP contribution >= 0.6 is 11.3 Å². The summed E-state index contributed by atoms with van der Waals surface area (Å²) in [5.74, 6) is 0.421. The average Bonchev–Trinajstić information content (AvgIpc) is 3.83. The van der Waals surface area contributed by atoms with Crippen molar-refractivity contribution in [3.63, 3.8) is 0 Å². The lowest BCUT2D eigenvalue weighted by molar-refractivity contribution is 0.669. The van der Waals surface area contributed by atoms with Crippen molar-refractivity contribution in [2.75, 3.05) is 0 Å². The first kappa shape index (κ1) is 19.5. The molecule has 0 aliphatic carbocycles. The third kappa shape index (κ3) is 4.25. The minimum atomic E-state index is -0.513. The molecule has 0 radical (unpaired) electrons. The first-order chi connectivity index (χ1) is 27.5. The third-order valence-electron chi connectivity index (χ3n) is 8.48. The van der Waals surface area contributed by atoms with E-state index in [4.69, 9.17) is 30.3 Å². The zero-order chi connectivity index (χ0) is 39.4. The molecular formula is C43H25N3OS. The Bertz CT molecular complexity index is 3350. The zero-order valence-corrected chi connectivity index (χ0v) is 25.7. The molecule has 48 heavy (non-hydrogen) atoms. The van der Waals surface area contributed by atoms with Crippen molar-refractivity contribution in [2.45, 2.75) is 0 Å². The van der Waals surface area contributed by atoms with Gasteiger partial charge in [0.2, 0.25) is 0 Å². The minimum absolute atomic E-state index is 0.00218. The van der Waals surface area contributed by atoms with Gasteiger partial charge in [-0.25, -0.2) is 15.0 Å². The highest BCUT2D eigenvalue weighted by atomic mass is 32.1. The third-order valence-corrected chi connectivity index (χ3v) is 9.60. The summed E-state index contributed by atoms with van der Waals surface area (Å²) >= 11 is 0.970. The maximum Gasteiger partial charge on any atom is 0.164 e. The minimum Gasteiger partial charge on any atom is -0.456 e. The van der Waals surface area contributed by atoms with Crippen LogP contribution in [0.5, 0.6) is 0 Å². The Kier molecular flexibility index (Phi) is 4.34. The molecule has 0 saturated heterocycles. The Balaban J connectivity index is 1.30. The van der Waals surface area contributed by atoms with Crippen LogP contribution in [-0.4, -0.2) is 15.0 Å². The van der Waals surface area contributed by atoms with E-state index < -0.39 is 30.2 Å². The molecule has 0 amide bonds. The average molecular weight is 641 g/mol. The van der Waals surface area contributed by atoms with Gasteiger partial charge in [-0.05, 0) is 46.8 Å². The van der Waals surface area contributed by atoms with Crippen molar-refractivity contribution >= 4 is 64.2 Å². The summed E-state index contributed by atoms with van der Waals surface area (Å²) in [6, 6.07) is 27.2. The van der Waals surface area contributed by atoms with Gasteiger partial charge in [0.05, 0.1) is 12.3 Å². The number of aromatic nitrogens is 3. The van der Waals surface area contributed by atoms with Gasteiger partial charge in [0.25, 0.3) is 0 Å². The van der Waals surface area contributed by atoms with Crippen LogP contribution in [0.3, 0.4) is 0 Å². The van der Waals surface area contributed by atoms with Gasteiger partial charge in [-0.2, -0.15) is 0 Å². The molecule has 5 heteroatoms. The molecule has 224 valence electrons. The molecule has 0 N–H and O–H groups in total. The summed E-state index contributed by atoms with van der Waals surface area (Å²) in [6.45, 7) is 0. The van der Waals surface area contributed by atoms with Gasteiger partial charge in [0.15, 0.2) is 17.5 Å². The summed E-state index contributed by atoms with van der Waals surface area (Å²) in [7, 11) is 0. The molecule has 10 rings (SSSR count). The SMILES string of the molecule is [2H]c1c([2H])c([2H])c2c(sc3c4c([2H])c([2H])c([2H])c([2H])c4c(-c4nc(-c5ccccc5)nc(-c5ccc6c(c5)oc5cccc(-c7ccccc7)c56)n4)c([2H])c32)c1[2H]. The van der Waals surface area contributed by atoms with E-state index in [-0.39, 0.29) is 78.2 Å². The summed E-state index contributed by atoms with van der Waals surface area (Å²) in [5.41, 5.74) is 4.55. The Morgan fingerprint density at radius 2 is 1.19 bits per heavy atom. The van der Waals surface area contributed by atoms with Crippen molar-refractivity contribution in [1.29, 1.82) is 0 Å². The van der Waals surface area contributed by atoms with Crippen LogP contribution in [0.25, 0.3) is 98.2 Å². The molecule has 10 aromatic rings. The highest BCUT2D eigenvalue weighted by Crippen LogP contribution is 2.43. The second-order valence-corrected chi connectivity index (χ2v) is 12.3. The van der Waals surface area contributed by atoms with Crippen LogP contribution in [0.1, 0.15) is 12.3 Å². The van der Waals surface area contributed by atoms with E-state index >= 15 is 0 Å². The molecule has 0 fully saturated rings. The van der Waals surface area contributed by atoms with E-state index in [1.807, 2.05) is 78.9 Å². The number of nitrogens with zero attached hydrogens (tertiary/aromatic N) is 3. The van der Waals surface area contributed by atoms with Gasteiger partial charge in [-0.15, -0.1) is 11.3 Å². The fraction of sp³-hybridized carbons (Fsp3) is 0. The van der Waals surface area contributed by atoms with E-state index in [9.17, 15) is 1.37 Å². The molecule has 0 spiro atoms. The molecule has 4 nitrogen and oxygen atoms in total. The Hall–Kier alpha value is -6.17. The number of thiophene rings is 1. The van der Waals surface area contributed by atoms with Crippen LogP contribution in [0.2, 0.25) is 0 Å². The fourth-order valence-corrected chi connectivity index (χ4v) is 7.37. The smallest absolute Gasteiger partial charge is 0.164 e. The second kappa shape index (κ2) is 10.7. The Morgan fingerprint density at radius 3 is 2.00 bits per heavy atom. The van der Waals surface area contributed by atoms with Gasteiger partial charge in [0, 0.05) is 53.0 Å². The number of furan rings is 1. The Morgan fingerprint density at radius 1 is 0.500 bits per heavy atom. The number of rotatable bonds is 4. The van der Waals surface area contributed by atoms with Crippen LogP contribution in [0, 0.1) is 0 Å². The van der Waals surface area contributed by atoms with Gasteiger partial charge in [0.1, 0.15) is 11.2 Å². The second-order valence-electron chi connectivity index (χ2n) is 11.3. The van der Waals surface area contributed by atoms with Gasteiger partial charge in [-0.1, -0.05) is 121 Å².